The van der Waals surface area contributed by atoms with Crippen LogP contribution in [0.3, 0.4) is 0 Å². The highest BCUT2D eigenvalue weighted by Gasteiger charge is 2.33. The van der Waals surface area contributed by atoms with Crippen LogP contribution >= 0.6 is 11.3 Å². The van der Waals surface area contributed by atoms with Gasteiger partial charge in [0.1, 0.15) is 5.75 Å². The highest BCUT2D eigenvalue weighted by atomic mass is 32.1. The molecule has 1 aliphatic heterocycles. The molecule has 0 amide bonds. The Morgan fingerprint density at radius 1 is 1.09 bits per heavy atom. The van der Waals surface area contributed by atoms with Crippen LogP contribution in [0.2, 0.25) is 0 Å². The lowest BCUT2D eigenvalue weighted by Crippen LogP contribution is -2.39. The Labute approximate surface area is 202 Å². The molecule has 7 heteroatoms. The summed E-state index contributed by atoms with van der Waals surface area (Å²) in [5.74, 6) is 0.348. The summed E-state index contributed by atoms with van der Waals surface area (Å²) >= 11 is 1.32. The SMILES string of the molecule is CCCOc1ccc(/C=c2/sc3n(c2=O)[C@H](c2ccc(C)cc2)C(C(=O)OCC)=C(C)N=3)cc1. The number of rotatable bonds is 7. The Morgan fingerprint density at radius 2 is 1.79 bits per heavy atom. The molecule has 34 heavy (non-hydrogen) atoms. The van der Waals surface area contributed by atoms with E-state index in [2.05, 4.69) is 11.9 Å². The van der Waals surface area contributed by atoms with Gasteiger partial charge in [0.25, 0.3) is 5.56 Å². The van der Waals surface area contributed by atoms with Crippen LogP contribution in [0, 0.1) is 6.92 Å². The maximum Gasteiger partial charge on any atom is 0.338 e. The summed E-state index contributed by atoms with van der Waals surface area (Å²) in [5, 5.41) is 0. The second kappa shape index (κ2) is 10.2. The molecule has 0 saturated heterocycles. The number of hydrogen-bond acceptors (Lipinski definition) is 6. The zero-order valence-corrected chi connectivity index (χ0v) is 20.6. The maximum absolute atomic E-state index is 13.6. The van der Waals surface area contributed by atoms with E-state index in [1.54, 1.807) is 18.4 Å². The zero-order chi connectivity index (χ0) is 24.2. The van der Waals surface area contributed by atoms with Crippen LogP contribution in [0.4, 0.5) is 0 Å². The van der Waals surface area contributed by atoms with Crippen molar-refractivity contribution in [3.63, 3.8) is 0 Å². The first-order chi connectivity index (χ1) is 16.4. The minimum atomic E-state index is -0.595. The summed E-state index contributed by atoms with van der Waals surface area (Å²) < 4.78 is 13.1. The molecule has 4 rings (SSSR count). The van der Waals surface area contributed by atoms with Gasteiger partial charge in [0.15, 0.2) is 4.80 Å². The van der Waals surface area contributed by atoms with Crippen molar-refractivity contribution < 1.29 is 14.3 Å². The number of benzene rings is 2. The van der Waals surface area contributed by atoms with Crippen molar-refractivity contribution in [1.29, 1.82) is 0 Å². The number of nitrogens with zero attached hydrogens (tertiary/aromatic N) is 2. The van der Waals surface area contributed by atoms with Crippen molar-refractivity contribution in [2.75, 3.05) is 13.2 Å². The largest absolute Gasteiger partial charge is 0.494 e. The van der Waals surface area contributed by atoms with E-state index in [-0.39, 0.29) is 12.2 Å². The van der Waals surface area contributed by atoms with Gasteiger partial charge in [-0.15, -0.1) is 0 Å². The first-order valence-corrected chi connectivity index (χ1v) is 12.2. The third-order valence-electron chi connectivity index (χ3n) is 5.56. The van der Waals surface area contributed by atoms with Crippen molar-refractivity contribution in [1.82, 2.24) is 4.57 Å². The Balaban J connectivity index is 1.83. The number of aryl methyl sites for hydroxylation is 1. The quantitative estimate of drug-likeness (QED) is 0.485. The van der Waals surface area contributed by atoms with Crippen LogP contribution in [-0.4, -0.2) is 23.8 Å². The molecule has 2 aromatic carbocycles. The number of ether oxygens (including phenoxy) is 2. The van der Waals surface area contributed by atoms with E-state index in [1.807, 2.05) is 61.5 Å². The van der Waals surface area contributed by atoms with Crippen molar-refractivity contribution in [3.8, 4) is 5.75 Å². The lowest BCUT2D eigenvalue weighted by molar-refractivity contribution is -0.139. The van der Waals surface area contributed by atoms with E-state index in [1.165, 1.54) is 11.3 Å². The minimum absolute atomic E-state index is 0.185. The van der Waals surface area contributed by atoms with Gasteiger partial charge in [0, 0.05) is 0 Å². The van der Waals surface area contributed by atoms with Gasteiger partial charge in [-0.2, -0.15) is 0 Å². The first kappa shape index (κ1) is 23.7. The summed E-state index contributed by atoms with van der Waals surface area (Å²) in [6, 6.07) is 14.9. The standard InChI is InChI=1S/C27H28N2O4S/c1-5-15-33-21-13-9-19(10-14-21)16-22-25(30)29-24(20-11-7-17(3)8-12-20)23(26(31)32-6-2)18(4)28-27(29)34-22/h7-14,16,24H,5-6,15H2,1-4H3/b22-16+/t24-/m1/s1. The Kier molecular flexibility index (Phi) is 7.12. The number of carbonyl (C=O) groups is 1. The number of hydrogen-bond donors (Lipinski definition) is 0. The molecule has 6 nitrogen and oxygen atoms in total. The summed E-state index contributed by atoms with van der Waals surface area (Å²) in [5.41, 5.74) is 3.60. The van der Waals surface area contributed by atoms with Crippen LogP contribution in [0.5, 0.6) is 5.75 Å². The first-order valence-electron chi connectivity index (χ1n) is 11.4. The highest BCUT2D eigenvalue weighted by molar-refractivity contribution is 7.07. The van der Waals surface area contributed by atoms with Gasteiger partial charge in [0.2, 0.25) is 0 Å². The Hall–Kier alpha value is -3.45. The zero-order valence-electron chi connectivity index (χ0n) is 19.8. The van der Waals surface area contributed by atoms with Crippen LogP contribution in [0.1, 0.15) is 49.9 Å². The highest BCUT2D eigenvalue weighted by Crippen LogP contribution is 2.30. The van der Waals surface area contributed by atoms with Crippen LogP contribution in [0.15, 0.2) is 69.6 Å². The molecule has 0 spiro atoms. The van der Waals surface area contributed by atoms with Crippen molar-refractivity contribution >= 4 is 23.4 Å². The molecular weight excluding hydrogens is 448 g/mol. The van der Waals surface area contributed by atoms with E-state index in [9.17, 15) is 9.59 Å². The summed E-state index contributed by atoms with van der Waals surface area (Å²) in [4.78, 5) is 31.7. The summed E-state index contributed by atoms with van der Waals surface area (Å²) in [7, 11) is 0. The molecule has 3 aromatic rings. The lowest BCUT2D eigenvalue weighted by atomic mass is 9.95. The van der Waals surface area contributed by atoms with E-state index in [0.29, 0.717) is 27.2 Å². The monoisotopic (exact) mass is 476 g/mol. The normalized spacial score (nSPS) is 15.6. The fourth-order valence-corrected chi connectivity index (χ4v) is 4.93. The molecule has 0 unspecified atom stereocenters. The van der Waals surface area contributed by atoms with Gasteiger partial charge in [0.05, 0.1) is 35.1 Å². The predicted molar refractivity (Wildman–Crippen MR) is 134 cm³/mol. The molecule has 1 atom stereocenters. The molecule has 1 aromatic heterocycles. The van der Waals surface area contributed by atoms with E-state index >= 15 is 0 Å². The van der Waals surface area contributed by atoms with Crippen LogP contribution in [-0.2, 0) is 9.53 Å². The van der Waals surface area contributed by atoms with E-state index in [0.717, 1.165) is 28.9 Å². The molecule has 0 aliphatic carbocycles. The molecule has 0 fully saturated rings. The number of carbonyl (C=O) groups excluding carboxylic acids is 1. The smallest absolute Gasteiger partial charge is 0.338 e. The van der Waals surface area contributed by atoms with Crippen LogP contribution < -0.4 is 19.6 Å². The third-order valence-corrected chi connectivity index (χ3v) is 6.54. The van der Waals surface area contributed by atoms with E-state index < -0.39 is 12.0 Å². The molecular formula is C27H28N2O4S. The van der Waals surface area contributed by atoms with Gasteiger partial charge in [-0.1, -0.05) is 60.2 Å². The number of esters is 1. The second-order valence-corrected chi connectivity index (χ2v) is 9.14. The Bertz CT molecular complexity index is 1400. The number of thiazole rings is 1. The lowest BCUT2D eigenvalue weighted by Gasteiger charge is -2.24. The summed E-state index contributed by atoms with van der Waals surface area (Å²) in [6.45, 7) is 8.54. The van der Waals surface area contributed by atoms with Crippen LogP contribution in [0.25, 0.3) is 6.08 Å². The van der Waals surface area contributed by atoms with Gasteiger partial charge in [-0.05, 0) is 56.5 Å². The molecule has 0 N–H and O–H groups in total. The van der Waals surface area contributed by atoms with Gasteiger partial charge < -0.3 is 9.47 Å². The predicted octanol–water partition coefficient (Wildman–Crippen LogP) is 3.90. The van der Waals surface area contributed by atoms with E-state index in [4.69, 9.17) is 9.47 Å². The van der Waals surface area contributed by atoms with Crippen molar-refractivity contribution in [2.24, 2.45) is 4.99 Å². The molecule has 2 heterocycles. The fraction of sp³-hybridized carbons (Fsp3) is 0.296. The second-order valence-electron chi connectivity index (χ2n) is 8.13. The number of fused-ring (bicyclic) bond motifs is 1. The van der Waals surface area contributed by atoms with Crippen molar-refractivity contribution in [2.45, 2.75) is 40.2 Å². The molecule has 1 aliphatic rings. The fourth-order valence-electron chi connectivity index (χ4n) is 3.89. The average Bonchev–Trinajstić information content (AvgIpc) is 3.12. The summed E-state index contributed by atoms with van der Waals surface area (Å²) in [6.07, 6.45) is 2.79. The molecule has 0 saturated carbocycles. The number of aromatic nitrogens is 1. The number of allylic oxidation sites excluding steroid dienone is 1. The minimum Gasteiger partial charge on any atom is -0.494 e. The van der Waals surface area contributed by atoms with Gasteiger partial charge >= 0.3 is 5.97 Å². The molecule has 0 radical (unpaired) electrons. The topological polar surface area (TPSA) is 69.9 Å². The average molecular weight is 477 g/mol. The van der Waals surface area contributed by atoms with Gasteiger partial charge in [-0.25, -0.2) is 9.79 Å². The maximum atomic E-state index is 13.6. The Morgan fingerprint density at radius 3 is 2.44 bits per heavy atom. The van der Waals surface area contributed by atoms with Crippen molar-refractivity contribution in [3.05, 3.63) is 96.2 Å². The van der Waals surface area contributed by atoms with Gasteiger partial charge in [-0.3, -0.25) is 9.36 Å². The molecule has 0 bridgehead atoms. The third kappa shape index (κ3) is 4.75. The molecule has 176 valence electrons.